The van der Waals surface area contributed by atoms with Crippen molar-refractivity contribution in [1.82, 2.24) is 9.78 Å². The lowest BCUT2D eigenvalue weighted by Crippen LogP contribution is -2.10. The van der Waals surface area contributed by atoms with Crippen LogP contribution in [0.2, 0.25) is 0 Å². The van der Waals surface area contributed by atoms with E-state index in [1.165, 1.54) is 32.1 Å². The summed E-state index contributed by atoms with van der Waals surface area (Å²) < 4.78 is 7.31. The SMILES string of the molecule is CCCCCCCn1cc(OCCN)cn1. The zero-order chi connectivity index (χ0) is 11.6. The fourth-order valence-corrected chi connectivity index (χ4v) is 1.60. The predicted molar refractivity (Wildman–Crippen MR) is 65.5 cm³/mol. The van der Waals surface area contributed by atoms with Gasteiger partial charge in [0.1, 0.15) is 6.61 Å². The Morgan fingerprint density at radius 1 is 1.31 bits per heavy atom. The highest BCUT2D eigenvalue weighted by atomic mass is 16.5. The molecule has 0 aromatic carbocycles. The smallest absolute Gasteiger partial charge is 0.157 e. The van der Waals surface area contributed by atoms with Gasteiger partial charge in [0, 0.05) is 13.1 Å². The molecule has 0 unspecified atom stereocenters. The normalized spacial score (nSPS) is 10.6. The summed E-state index contributed by atoms with van der Waals surface area (Å²) in [6, 6.07) is 0. The lowest BCUT2D eigenvalue weighted by Gasteiger charge is -2.01. The minimum atomic E-state index is 0.544. The molecule has 0 atom stereocenters. The highest BCUT2D eigenvalue weighted by molar-refractivity contribution is 5.11. The number of aromatic nitrogens is 2. The molecule has 0 fully saturated rings. The van der Waals surface area contributed by atoms with E-state index in [1.54, 1.807) is 6.20 Å². The molecule has 4 nitrogen and oxygen atoms in total. The molecule has 4 heteroatoms. The Labute approximate surface area is 97.8 Å². The summed E-state index contributed by atoms with van der Waals surface area (Å²) >= 11 is 0. The highest BCUT2D eigenvalue weighted by Gasteiger charge is 1.98. The first-order valence-corrected chi connectivity index (χ1v) is 6.22. The Bertz CT molecular complexity index is 273. The average molecular weight is 225 g/mol. The maximum atomic E-state index is 5.37. The van der Waals surface area contributed by atoms with E-state index in [-0.39, 0.29) is 0 Å². The lowest BCUT2D eigenvalue weighted by molar-refractivity contribution is 0.327. The standard InChI is InChI=1S/C12H23N3O/c1-2-3-4-5-6-8-15-11-12(10-14-15)16-9-7-13/h10-11H,2-9,13H2,1H3. The molecule has 0 saturated carbocycles. The number of aryl methyl sites for hydroxylation is 1. The van der Waals surface area contributed by atoms with Gasteiger partial charge in [-0.15, -0.1) is 0 Å². The van der Waals surface area contributed by atoms with Gasteiger partial charge >= 0.3 is 0 Å². The fraction of sp³-hybridized carbons (Fsp3) is 0.750. The molecular formula is C12H23N3O. The zero-order valence-electron chi connectivity index (χ0n) is 10.2. The van der Waals surface area contributed by atoms with Crippen molar-refractivity contribution in [1.29, 1.82) is 0 Å². The van der Waals surface area contributed by atoms with Gasteiger partial charge in [0.15, 0.2) is 5.75 Å². The molecule has 0 spiro atoms. The Hall–Kier alpha value is -1.03. The van der Waals surface area contributed by atoms with Gasteiger partial charge in [0.25, 0.3) is 0 Å². The van der Waals surface area contributed by atoms with Crippen molar-refractivity contribution in [3.63, 3.8) is 0 Å². The van der Waals surface area contributed by atoms with Crippen molar-refractivity contribution in [2.45, 2.75) is 45.6 Å². The van der Waals surface area contributed by atoms with E-state index in [9.17, 15) is 0 Å². The Balaban J connectivity index is 2.14. The lowest BCUT2D eigenvalue weighted by atomic mass is 10.1. The third-order valence-corrected chi connectivity index (χ3v) is 2.49. The third kappa shape index (κ3) is 5.16. The molecule has 0 amide bonds. The van der Waals surface area contributed by atoms with Gasteiger partial charge in [0.2, 0.25) is 0 Å². The first kappa shape index (κ1) is 13.0. The number of unbranched alkanes of at least 4 members (excludes halogenated alkanes) is 4. The molecule has 1 aromatic rings. The van der Waals surface area contributed by atoms with E-state index in [1.807, 2.05) is 10.9 Å². The van der Waals surface area contributed by atoms with Crippen LogP contribution in [0.3, 0.4) is 0 Å². The molecule has 0 aliphatic carbocycles. The minimum Gasteiger partial charge on any atom is -0.489 e. The second-order valence-corrected chi connectivity index (χ2v) is 3.99. The molecule has 92 valence electrons. The Morgan fingerprint density at radius 2 is 2.12 bits per heavy atom. The third-order valence-electron chi connectivity index (χ3n) is 2.49. The topological polar surface area (TPSA) is 53.1 Å². The highest BCUT2D eigenvalue weighted by Crippen LogP contribution is 2.09. The molecule has 16 heavy (non-hydrogen) atoms. The monoisotopic (exact) mass is 225 g/mol. The molecule has 0 aliphatic rings. The molecule has 1 rings (SSSR count). The van der Waals surface area contributed by atoms with Gasteiger partial charge in [-0.3, -0.25) is 4.68 Å². The number of hydrogen-bond donors (Lipinski definition) is 1. The number of hydrogen-bond acceptors (Lipinski definition) is 3. The van der Waals surface area contributed by atoms with Crippen molar-refractivity contribution in [3.8, 4) is 5.75 Å². The van der Waals surface area contributed by atoms with Gasteiger partial charge in [-0.25, -0.2) is 0 Å². The molecular weight excluding hydrogens is 202 g/mol. The quantitative estimate of drug-likeness (QED) is 0.655. The first-order valence-electron chi connectivity index (χ1n) is 6.22. The van der Waals surface area contributed by atoms with E-state index >= 15 is 0 Å². The number of rotatable bonds is 9. The summed E-state index contributed by atoms with van der Waals surface area (Å²) in [5, 5.41) is 4.24. The van der Waals surface area contributed by atoms with Gasteiger partial charge < -0.3 is 10.5 Å². The second-order valence-electron chi connectivity index (χ2n) is 3.99. The molecule has 1 aromatic heterocycles. The van der Waals surface area contributed by atoms with Crippen LogP contribution in [0.25, 0.3) is 0 Å². The summed E-state index contributed by atoms with van der Waals surface area (Å²) in [7, 11) is 0. The van der Waals surface area contributed by atoms with E-state index < -0.39 is 0 Å². The number of nitrogens with two attached hydrogens (primary N) is 1. The molecule has 0 saturated heterocycles. The Morgan fingerprint density at radius 3 is 2.88 bits per heavy atom. The van der Waals surface area contributed by atoms with E-state index in [2.05, 4.69) is 12.0 Å². The second kappa shape index (κ2) is 8.16. The van der Waals surface area contributed by atoms with E-state index in [4.69, 9.17) is 10.5 Å². The van der Waals surface area contributed by atoms with Crippen LogP contribution in [-0.4, -0.2) is 22.9 Å². The summed E-state index contributed by atoms with van der Waals surface area (Å²) in [5.74, 6) is 0.819. The largest absolute Gasteiger partial charge is 0.489 e. The summed E-state index contributed by atoms with van der Waals surface area (Å²) in [6.07, 6.45) is 10.1. The van der Waals surface area contributed by atoms with E-state index in [0.29, 0.717) is 13.2 Å². The maximum absolute atomic E-state index is 5.37. The van der Waals surface area contributed by atoms with Gasteiger partial charge in [-0.1, -0.05) is 32.6 Å². The summed E-state index contributed by atoms with van der Waals surface area (Å²) in [5.41, 5.74) is 5.36. The molecule has 2 N–H and O–H groups in total. The van der Waals surface area contributed by atoms with Crippen molar-refractivity contribution in [2.75, 3.05) is 13.2 Å². The van der Waals surface area contributed by atoms with Crippen molar-refractivity contribution < 1.29 is 4.74 Å². The van der Waals surface area contributed by atoms with E-state index in [0.717, 1.165) is 12.3 Å². The van der Waals surface area contributed by atoms with Crippen molar-refractivity contribution >= 4 is 0 Å². The molecule has 1 heterocycles. The minimum absolute atomic E-state index is 0.544. The molecule has 0 bridgehead atoms. The van der Waals surface area contributed by atoms with Crippen LogP contribution < -0.4 is 10.5 Å². The maximum Gasteiger partial charge on any atom is 0.157 e. The van der Waals surface area contributed by atoms with Crippen molar-refractivity contribution in [3.05, 3.63) is 12.4 Å². The zero-order valence-corrected chi connectivity index (χ0v) is 10.2. The summed E-state index contributed by atoms with van der Waals surface area (Å²) in [6.45, 7) is 4.31. The van der Waals surface area contributed by atoms with Gasteiger partial charge in [0.05, 0.1) is 12.4 Å². The Kier molecular flexibility index (Phi) is 6.65. The van der Waals surface area contributed by atoms with Crippen LogP contribution in [0.4, 0.5) is 0 Å². The average Bonchev–Trinajstić information content (AvgIpc) is 2.74. The fourth-order valence-electron chi connectivity index (χ4n) is 1.60. The van der Waals surface area contributed by atoms with Gasteiger partial charge in [-0.05, 0) is 6.42 Å². The number of nitrogens with zero attached hydrogens (tertiary/aromatic N) is 2. The summed E-state index contributed by atoms with van der Waals surface area (Å²) in [4.78, 5) is 0. The van der Waals surface area contributed by atoms with Crippen LogP contribution in [0.5, 0.6) is 5.75 Å². The van der Waals surface area contributed by atoms with Crippen LogP contribution in [0.1, 0.15) is 39.0 Å². The van der Waals surface area contributed by atoms with Crippen molar-refractivity contribution in [2.24, 2.45) is 5.73 Å². The molecule has 0 radical (unpaired) electrons. The number of ether oxygens (including phenoxy) is 1. The van der Waals surface area contributed by atoms with Crippen LogP contribution in [0, 0.1) is 0 Å². The van der Waals surface area contributed by atoms with Gasteiger partial charge in [-0.2, -0.15) is 5.10 Å². The van der Waals surface area contributed by atoms with Crippen LogP contribution >= 0.6 is 0 Å². The predicted octanol–water partition coefficient (Wildman–Crippen LogP) is 2.19. The first-order chi connectivity index (χ1) is 7.86. The van der Waals surface area contributed by atoms with Crippen LogP contribution in [0.15, 0.2) is 12.4 Å². The van der Waals surface area contributed by atoms with Crippen LogP contribution in [-0.2, 0) is 6.54 Å². The molecule has 0 aliphatic heterocycles.